The molecule has 0 radical (unpaired) electrons. The summed E-state index contributed by atoms with van der Waals surface area (Å²) in [4.78, 5) is 24.2. The minimum absolute atomic E-state index is 0.208. The summed E-state index contributed by atoms with van der Waals surface area (Å²) in [5.41, 5.74) is -2.52. The molecular weight excluding hydrogens is 365 g/mol. The van der Waals surface area contributed by atoms with Gasteiger partial charge in [-0.25, -0.2) is 4.79 Å². The number of halogens is 3. The summed E-state index contributed by atoms with van der Waals surface area (Å²) in [6.45, 7) is 0.209. The third kappa shape index (κ3) is 5.43. The Morgan fingerprint density at radius 2 is 1.96 bits per heavy atom. The van der Waals surface area contributed by atoms with Crippen molar-refractivity contribution in [1.29, 1.82) is 0 Å². The molecule has 0 unspecified atom stereocenters. The van der Waals surface area contributed by atoms with Crippen LogP contribution in [-0.4, -0.2) is 50.1 Å². The summed E-state index contributed by atoms with van der Waals surface area (Å²) in [5, 5.41) is 3.95. The molecule has 1 fully saturated rings. The van der Waals surface area contributed by atoms with Crippen molar-refractivity contribution in [2.75, 3.05) is 20.3 Å². The standard InChI is InChI=1S/C18H23F3N2O4/c1-26-16(25)17(18(19,20)21,22-12-14-8-5-11-27-14)23-15(24)10-9-13-6-3-2-4-7-13/h2-4,6-7,14,22H,5,8-12H2,1H3,(H,23,24)/t14-,17-/m1/s1. The smallest absolute Gasteiger partial charge is 0.436 e. The second-order valence-electron chi connectivity index (χ2n) is 6.29. The molecule has 0 saturated carbocycles. The summed E-state index contributed by atoms with van der Waals surface area (Å²) in [7, 11) is 0.840. The summed E-state index contributed by atoms with van der Waals surface area (Å²) in [5.74, 6) is -2.54. The van der Waals surface area contributed by atoms with Gasteiger partial charge in [0.1, 0.15) is 0 Å². The lowest BCUT2D eigenvalue weighted by Crippen LogP contribution is -2.73. The molecule has 1 aliphatic rings. The third-order valence-corrected chi connectivity index (χ3v) is 4.35. The van der Waals surface area contributed by atoms with Crippen LogP contribution in [-0.2, 0) is 25.5 Å². The molecule has 0 bridgehead atoms. The van der Waals surface area contributed by atoms with Crippen molar-refractivity contribution < 1.29 is 32.2 Å². The maximum absolute atomic E-state index is 13.8. The van der Waals surface area contributed by atoms with E-state index < -0.39 is 29.8 Å². The Balaban J connectivity index is 2.11. The first-order valence-electron chi connectivity index (χ1n) is 8.65. The van der Waals surface area contributed by atoms with Gasteiger partial charge in [-0.15, -0.1) is 0 Å². The zero-order valence-corrected chi connectivity index (χ0v) is 15.0. The lowest BCUT2D eigenvalue weighted by molar-refractivity contribution is -0.221. The van der Waals surface area contributed by atoms with Crippen molar-refractivity contribution in [3.05, 3.63) is 35.9 Å². The lowest BCUT2D eigenvalue weighted by atomic mass is 10.1. The van der Waals surface area contributed by atoms with Gasteiger partial charge in [-0.3, -0.25) is 10.1 Å². The highest BCUT2D eigenvalue weighted by Crippen LogP contribution is 2.30. The predicted octanol–water partition coefficient (Wildman–Crippen LogP) is 1.94. The maximum atomic E-state index is 13.8. The van der Waals surface area contributed by atoms with E-state index in [1.54, 1.807) is 30.3 Å². The highest BCUT2D eigenvalue weighted by molar-refractivity contribution is 5.88. The number of alkyl halides is 3. The number of esters is 1. The summed E-state index contributed by atoms with van der Waals surface area (Å²) < 4.78 is 51.0. The van der Waals surface area contributed by atoms with E-state index in [0.717, 1.165) is 19.1 Å². The fourth-order valence-corrected chi connectivity index (χ4v) is 2.85. The largest absolute Gasteiger partial charge is 0.466 e. The Bertz CT molecular complexity index is 633. The van der Waals surface area contributed by atoms with Crippen molar-refractivity contribution in [2.24, 2.45) is 0 Å². The maximum Gasteiger partial charge on any atom is 0.436 e. The highest BCUT2D eigenvalue weighted by Gasteiger charge is 2.63. The zero-order chi connectivity index (χ0) is 19.9. The fraction of sp³-hybridized carbons (Fsp3) is 0.556. The fourth-order valence-electron chi connectivity index (χ4n) is 2.85. The number of ether oxygens (including phenoxy) is 2. The van der Waals surface area contributed by atoms with Crippen LogP contribution in [0, 0.1) is 0 Å². The van der Waals surface area contributed by atoms with Gasteiger partial charge < -0.3 is 14.8 Å². The second-order valence-corrected chi connectivity index (χ2v) is 6.29. The predicted molar refractivity (Wildman–Crippen MR) is 90.7 cm³/mol. The van der Waals surface area contributed by atoms with Crippen LogP contribution in [0.15, 0.2) is 30.3 Å². The Morgan fingerprint density at radius 3 is 2.52 bits per heavy atom. The van der Waals surface area contributed by atoms with Crippen LogP contribution in [0.1, 0.15) is 24.8 Å². The minimum atomic E-state index is -5.10. The van der Waals surface area contributed by atoms with Crippen LogP contribution < -0.4 is 10.6 Å². The van der Waals surface area contributed by atoms with Gasteiger partial charge in [0.05, 0.1) is 13.2 Å². The Morgan fingerprint density at radius 1 is 1.26 bits per heavy atom. The first-order chi connectivity index (χ1) is 12.8. The third-order valence-electron chi connectivity index (χ3n) is 4.35. The quantitative estimate of drug-likeness (QED) is 0.526. The van der Waals surface area contributed by atoms with Crippen LogP contribution in [0.2, 0.25) is 0 Å². The number of rotatable bonds is 8. The topological polar surface area (TPSA) is 76.7 Å². The molecule has 1 aliphatic heterocycles. The number of carbonyl (C=O) groups is 2. The van der Waals surface area contributed by atoms with Crippen LogP contribution in [0.5, 0.6) is 0 Å². The first kappa shape index (κ1) is 21.2. The Labute approximate surface area is 155 Å². The van der Waals surface area contributed by atoms with E-state index in [1.165, 1.54) is 0 Å². The normalized spacial score (nSPS) is 19.3. The van der Waals surface area contributed by atoms with Gasteiger partial charge in [0.15, 0.2) is 0 Å². The Kier molecular flexibility index (Phi) is 7.20. The number of hydrogen-bond acceptors (Lipinski definition) is 5. The van der Waals surface area contributed by atoms with Crippen molar-refractivity contribution in [2.45, 2.75) is 43.6 Å². The number of hydrogen-bond donors (Lipinski definition) is 2. The van der Waals surface area contributed by atoms with Crippen LogP contribution in [0.4, 0.5) is 13.2 Å². The SMILES string of the molecule is COC(=O)[C@@](NC[C@H]1CCCO1)(NC(=O)CCc1ccccc1)C(F)(F)F. The lowest BCUT2D eigenvalue weighted by Gasteiger charge is -2.35. The van der Waals surface area contributed by atoms with Gasteiger partial charge in [0, 0.05) is 19.6 Å². The summed E-state index contributed by atoms with van der Waals surface area (Å²) in [6, 6.07) is 8.86. The molecule has 0 aliphatic carbocycles. The summed E-state index contributed by atoms with van der Waals surface area (Å²) >= 11 is 0. The van der Waals surface area contributed by atoms with E-state index in [2.05, 4.69) is 10.1 Å². The average Bonchev–Trinajstić information content (AvgIpc) is 3.16. The molecule has 27 heavy (non-hydrogen) atoms. The van der Waals surface area contributed by atoms with E-state index in [1.807, 2.05) is 5.32 Å². The van der Waals surface area contributed by atoms with Crippen molar-refractivity contribution >= 4 is 11.9 Å². The van der Waals surface area contributed by atoms with Gasteiger partial charge in [-0.2, -0.15) is 13.2 Å². The molecule has 6 nitrogen and oxygen atoms in total. The monoisotopic (exact) mass is 388 g/mol. The molecule has 9 heteroatoms. The molecule has 2 rings (SSSR count). The van der Waals surface area contributed by atoms with Crippen molar-refractivity contribution in [1.82, 2.24) is 10.6 Å². The van der Waals surface area contributed by atoms with Gasteiger partial charge in [0.2, 0.25) is 5.91 Å². The number of nitrogens with one attached hydrogen (secondary N) is 2. The van der Waals surface area contributed by atoms with Gasteiger partial charge >= 0.3 is 12.1 Å². The molecule has 1 saturated heterocycles. The molecule has 150 valence electrons. The number of carbonyl (C=O) groups excluding carboxylic acids is 2. The molecule has 2 atom stereocenters. The number of amides is 1. The van der Waals surface area contributed by atoms with Crippen molar-refractivity contribution in [3.8, 4) is 0 Å². The van der Waals surface area contributed by atoms with E-state index in [9.17, 15) is 22.8 Å². The van der Waals surface area contributed by atoms with Crippen LogP contribution >= 0.6 is 0 Å². The van der Waals surface area contributed by atoms with Crippen LogP contribution in [0.25, 0.3) is 0 Å². The molecule has 2 N–H and O–H groups in total. The zero-order valence-electron chi connectivity index (χ0n) is 15.0. The van der Waals surface area contributed by atoms with Gasteiger partial charge in [-0.1, -0.05) is 30.3 Å². The second kappa shape index (κ2) is 9.18. The highest BCUT2D eigenvalue weighted by atomic mass is 19.4. The summed E-state index contributed by atoms with van der Waals surface area (Å²) in [6.07, 6.45) is -4.22. The van der Waals surface area contributed by atoms with Crippen molar-refractivity contribution in [3.63, 3.8) is 0 Å². The molecule has 1 amide bonds. The van der Waals surface area contributed by atoms with Gasteiger partial charge in [-0.05, 0) is 24.8 Å². The molecular formula is C18H23F3N2O4. The number of methoxy groups -OCH3 is 1. The van der Waals surface area contributed by atoms with Gasteiger partial charge in [0.25, 0.3) is 5.66 Å². The Hall–Kier alpha value is -2.13. The molecule has 1 heterocycles. The average molecular weight is 388 g/mol. The van der Waals surface area contributed by atoms with E-state index in [4.69, 9.17) is 4.74 Å². The van der Waals surface area contributed by atoms with E-state index in [-0.39, 0.29) is 19.4 Å². The van der Waals surface area contributed by atoms with Crippen LogP contribution in [0.3, 0.4) is 0 Å². The van der Waals surface area contributed by atoms with E-state index in [0.29, 0.717) is 13.0 Å². The number of benzene rings is 1. The molecule has 1 aromatic rings. The number of aryl methyl sites for hydroxylation is 1. The molecule has 0 aromatic heterocycles. The first-order valence-corrected chi connectivity index (χ1v) is 8.65. The molecule has 0 spiro atoms. The minimum Gasteiger partial charge on any atom is -0.466 e. The van der Waals surface area contributed by atoms with E-state index >= 15 is 0 Å². The molecule has 1 aromatic carbocycles.